The van der Waals surface area contributed by atoms with E-state index in [-0.39, 0.29) is 0 Å². The maximum Gasteiger partial charge on any atom is 0.140 e. The monoisotopic (exact) mass is 282 g/mol. The molecule has 1 aromatic heterocycles. The predicted octanol–water partition coefficient (Wildman–Crippen LogP) is 3.03. The lowest BCUT2D eigenvalue weighted by Gasteiger charge is -2.31. The minimum Gasteiger partial charge on any atom is -0.308 e. The zero-order valence-electron chi connectivity index (χ0n) is 11.5. The van der Waals surface area contributed by atoms with Crippen LogP contribution in [0.4, 0.5) is 5.82 Å². The van der Waals surface area contributed by atoms with Gasteiger partial charge in [0.25, 0.3) is 0 Å². The van der Waals surface area contributed by atoms with E-state index >= 15 is 0 Å². The van der Waals surface area contributed by atoms with Gasteiger partial charge in [-0.2, -0.15) is 0 Å². The molecule has 1 aliphatic rings. The van der Waals surface area contributed by atoms with Crippen LogP contribution >= 0.6 is 11.6 Å². The number of hydrogen-bond donors (Lipinski definition) is 2. The Labute approximate surface area is 120 Å². The Kier molecular flexibility index (Phi) is 5.43. The van der Waals surface area contributed by atoms with Crippen molar-refractivity contribution in [3.05, 3.63) is 22.8 Å². The van der Waals surface area contributed by atoms with Gasteiger partial charge in [0.15, 0.2) is 0 Å². The van der Waals surface area contributed by atoms with Gasteiger partial charge in [0.05, 0.1) is 10.7 Å². The molecule has 0 radical (unpaired) electrons. The van der Waals surface area contributed by atoms with E-state index in [9.17, 15) is 0 Å². The summed E-state index contributed by atoms with van der Waals surface area (Å²) in [4.78, 5) is 6.86. The minimum absolute atomic E-state index is 0.667. The van der Waals surface area contributed by atoms with Crippen LogP contribution in [0.2, 0.25) is 5.02 Å². The summed E-state index contributed by atoms with van der Waals surface area (Å²) in [5, 5.41) is 0.717. The van der Waals surface area contributed by atoms with Crippen molar-refractivity contribution in [1.82, 2.24) is 9.88 Å². The van der Waals surface area contributed by atoms with Crippen LogP contribution in [0.5, 0.6) is 0 Å². The van der Waals surface area contributed by atoms with Crippen LogP contribution < -0.4 is 11.3 Å². The Bertz CT molecular complexity index is 402. The van der Waals surface area contributed by atoms with Gasteiger partial charge in [-0.05, 0) is 44.0 Å². The molecule has 1 aromatic rings. The van der Waals surface area contributed by atoms with Crippen molar-refractivity contribution in [3.63, 3.8) is 0 Å². The smallest absolute Gasteiger partial charge is 0.140 e. The summed E-state index contributed by atoms with van der Waals surface area (Å²) in [6.07, 6.45) is 5.24. The third-order valence-electron chi connectivity index (χ3n) is 3.84. The summed E-state index contributed by atoms with van der Waals surface area (Å²) in [5.74, 6) is 6.96. The largest absolute Gasteiger partial charge is 0.308 e. The molecule has 2 rings (SSSR count). The van der Waals surface area contributed by atoms with Gasteiger partial charge < -0.3 is 5.43 Å². The van der Waals surface area contributed by atoms with Gasteiger partial charge >= 0.3 is 0 Å². The molecule has 0 saturated carbocycles. The maximum atomic E-state index is 6.19. The van der Waals surface area contributed by atoms with E-state index in [1.54, 1.807) is 6.07 Å². The number of aromatic nitrogens is 1. The summed E-state index contributed by atoms with van der Waals surface area (Å²) in [6, 6.07) is 3.64. The second kappa shape index (κ2) is 7.08. The SMILES string of the molecule is CCCC1CCN(Cc2nc(NN)ccc2Cl)CC1. The molecule has 0 unspecified atom stereocenters. The summed E-state index contributed by atoms with van der Waals surface area (Å²) < 4.78 is 0. The van der Waals surface area contributed by atoms with E-state index in [0.29, 0.717) is 5.82 Å². The highest BCUT2D eigenvalue weighted by Crippen LogP contribution is 2.24. The molecule has 19 heavy (non-hydrogen) atoms. The summed E-state index contributed by atoms with van der Waals surface area (Å²) >= 11 is 6.19. The summed E-state index contributed by atoms with van der Waals surface area (Å²) in [5.41, 5.74) is 3.48. The summed E-state index contributed by atoms with van der Waals surface area (Å²) in [7, 11) is 0. The van der Waals surface area contributed by atoms with E-state index in [1.165, 1.54) is 25.7 Å². The van der Waals surface area contributed by atoms with E-state index in [4.69, 9.17) is 17.4 Å². The average Bonchev–Trinajstić information content (AvgIpc) is 2.44. The topological polar surface area (TPSA) is 54.2 Å². The molecule has 2 heterocycles. The molecule has 1 fully saturated rings. The van der Waals surface area contributed by atoms with E-state index in [1.807, 2.05) is 6.07 Å². The molecule has 5 heteroatoms. The first-order valence-corrected chi connectivity index (χ1v) is 7.45. The van der Waals surface area contributed by atoms with Gasteiger partial charge in [-0.1, -0.05) is 31.4 Å². The Balaban J connectivity index is 1.91. The zero-order valence-corrected chi connectivity index (χ0v) is 12.3. The lowest BCUT2D eigenvalue weighted by molar-refractivity contribution is 0.170. The normalized spacial score (nSPS) is 17.6. The number of anilines is 1. The molecule has 0 atom stereocenters. The van der Waals surface area contributed by atoms with Gasteiger partial charge in [-0.3, -0.25) is 4.90 Å². The molecular weight excluding hydrogens is 260 g/mol. The van der Waals surface area contributed by atoms with Crippen molar-refractivity contribution in [1.29, 1.82) is 0 Å². The Morgan fingerprint density at radius 1 is 1.42 bits per heavy atom. The molecule has 0 aliphatic carbocycles. The van der Waals surface area contributed by atoms with Crippen molar-refractivity contribution in [2.45, 2.75) is 39.2 Å². The third-order valence-corrected chi connectivity index (χ3v) is 4.19. The number of rotatable bonds is 5. The molecule has 0 amide bonds. The lowest BCUT2D eigenvalue weighted by atomic mass is 9.92. The van der Waals surface area contributed by atoms with Crippen LogP contribution in [-0.2, 0) is 6.54 Å². The predicted molar refractivity (Wildman–Crippen MR) is 80.0 cm³/mol. The number of halogens is 1. The van der Waals surface area contributed by atoms with Gasteiger partial charge in [-0.25, -0.2) is 10.8 Å². The minimum atomic E-state index is 0.667. The number of nitrogens with zero attached hydrogens (tertiary/aromatic N) is 2. The molecule has 0 bridgehead atoms. The molecular formula is C14H23ClN4. The second-order valence-corrected chi connectivity index (χ2v) is 5.68. The number of nitrogens with two attached hydrogens (primary N) is 1. The molecule has 4 nitrogen and oxygen atoms in total. The molecule has 1 saturated heterocycles. The van der Waals surface area contributed by atoms with Crippen LogP contribution in [0.25, 0.3) is 0 Å². The van der Waals surface area contributed by atoms with Gasteiger partial charge in [0, 0.05) is 6.54 Å². The first kappa shape index (κ1) is 14.6. The van der Waals surface area contributed by atoms with E-state index in [0.717, 1.165) is 36.3 Å². The van der Waals surface area contributed by atoms with Crippen molar-refractivity contribution < 1.29 is 0 Å². The Morgan fingerprint density at radius 3 is 2.79 bits per heavy atom. The van der Waals surface area contributed by atoms with Crippen LogP contribution in [0.3, 0.4) is 0 Å². The molecule has 3 N–H and O–H groups in total. The fourth-order valence-electron chi connectivity index (χ4n) is 2.73. The van der Waals surface area contributed by atoms with Gasteiger partial charge in [-0.15, -0.1) is 0 Å². The third kappa shape index (κ3) is 4.06. The highest BCUT2D eigenvalue weighted by Gasteiger charge is 2.19. The van der Waals surface area contributed by atoms with Crippen LogP contribution in [0, 0.1) is 5.92 Å². The summed E-state index contributed by atoms with van der Waals surface area (Å²) in [6.45, 7) is 5.36. The number of hydrogen-bond acceptors (Lipinski definition) is 4. The van der Waals surface area contributed by atoms with Crippen molar-refractivity contribution in [2.24, 2.45) is 11.8 Å². The van der Waals surface area contributed by atoms with Gasteiger partial charge in [0.1, 0.15) is 5.82 Å². The van der Waals surface area contributed by atoms with Crippen LogP contribution in [-0.4, -0.2) is 23.0 Å². The molecule has 0 aromatic carbocycles. The number of likely N-dealkylation sites (tertiary alicyclic amines) is 1. The van der Waals surface area contributed by atoms with E-state index in [2.05, 4.69) is 22.2 Å². The van der Waals surface area contributed by atoms with E-state index < -0.39 is 0 Å². The standard InChI is InChI=1S/C14H23ClN4/c1-2-3-11-6-8-19(9-7-11)10-13-12(15)4-5-14(17-13)18-16/h4-5,11H,2-3,6-10,16H2,1H3,(H,17,18). The second-order valence-electron chi connectivity index (χ2n) is 5.28. The Hall–Kier alpha value is -0.840. The maximum absolute atomic E-state index is 6.19. The fraction of sp³-hybridized carbons (Fsp3) is 0.643. The van der Waals surface area contributed by atoms with Crippen molar-refractivity contribution in [2.75, 3.05) is 18.5 Å². The average molecular weight is 283 g/mol. The van der Waals surface area contributed by atoms with Gasteiger partial charge in [0.2, 0.25) is 0 Å². The van der Waals surface area contributed by atoms with Crippen LogP contribution in [0.15, 0.2) is 12.1 Å². The number of nitrogens with one attached hydrogen (secondary N) is 1. The zero-order chi connectivity index (χ0) is 13.7. The number of nitrogen functional groups attached to an aromatic ring is 1. The number of hydrazine groups is 1. The highest BCUT2D eigenvalue weighted by atomic mass is 35.5. The van der Waals surface area contributed by atoms with Crippen LogP contribution in [0.1, 0.15) is 38.3 Å². The molecule has 0 spiro atoms. The number of piperidine rings is 1. The molecule has 1 aliphatic heterocycles. The van der Waals surface area contributed by atoms with Crippen molar-refractivity contribution in [3.8, 4) is 0 Å². The first-order valence-electron chi connectivity index (χ1n) is 7.07. The van der Waals surface area contributed by atoms with Crippen molar-refractivity contribution >= 4 is 17.4 Å². The number of pyridine rings is 1. The first-order chi connectivity index (χ1) is 9.22. The molecule has 106 valence electrons. The quantitative estimate of drug-likeness (QED) is 0.644. The Morgan fingerprint density at radius 2 is 2.16 bits per heavy atom. The highest BCUT2D eigenvalue weighted by molar-refractivity contribution is 6.31. The fourth-order valence-corrected chi connectivity index (χ4v) is 2.89. The lowest BCUT2D eigenvalue weighted by Crippen LogP contribution is -2.33.